The lowest BCUT2D eigenvalue weighted by Gasteiger charge is -2.19. The van der Waals surface area contributed by atoms with E-state index in [0.29, 0.717) is 12.1 Å². The third-order valence-electron chi connectivity index (χ3n) is 4.77. The number of hydrogen-bond donors (Lipinski definition) is 1. The number of halogens is 3. The number of nitriles is 1. The number of carboxylic acid groups (broad SMARTS) is 1. The summed E-state index contributed by atoms with van der Waals surface area (Å²) < 4.78 is 33.6. The molecule has 0 fully saturated rings. The lowest BCUT2D eigenvalue weighted by molar-refractivity contribution is -0.192. The van der Waals surface area contributed by atoms with E-state index < -0.39 is 12.1 Å². The number of aromatic nitrogens is 1. The third-order valence-corrected chi connectivity index (χ3v) is 4.77. The fourth-order valence-electron chi connectivity index (χ4n) is 3.33. The van der Waals surface area contributed by atoms with Gasteiger partial charge in [0.25, 0.3) is 5.56 Å². The fourth-order valence-corrected chi connectivity index (χ4v) is 3.33. The highest BCUT2D eigenvalue weighted by Crippen LogP contribution is 2.17. The Morgan fingerprint density at radius 2 is 1.90 bits per heavy atom. The van der Waals surface area contributed by atoms with Gasteiger partial charge in [0.2, 0.25) is 0 Å². The zero-order chi connectivity index (χ0) is 23.0. The van der Waals surface area contributed by atoms with Crippen molar-refractivity contribution in [2.75, 3.05) is 13.1 Å². The van der Waals surface area contributed by atoms with E-state index in [2.05, 4.69) is 23.6 Å². The molecule has 0 unspecified atom stereocenters. The van der Waals surface area contributed by atoms with E-state index in [1.165, 1.54) is 5.56 Å². The van der Waals surface area contributed by atoms with Crippen LogP contribution in [0.2, 0.25) is 0 Å². The number of fused-ring (bicyclic) bond motifs is 1. The van der Waals surface area contributed by atoms with Gasteiger partial charge < -0.3 is 9.67 Å². The van der Waals surface area contributed by atoms with Gasteiger partial charge in [-0.25, -0.2) is 4.79 Å². The highest BCUT2D eigenvalue weighted by atomic mass is 19.4. The number of pyridine rings is 1. The van der Waals surface area contributed by atoms with Crippen LogP contribution >= 0.6 is 0 Å². The molecule has 1 aromatic heterocycles. The van der Waals surface area contributed by atoms with E-state index in [-0.39, 0.29) is 5.56 Å². The molecular formula is C22H22F3N3O3. The second kappa shape index (κ2) is 10.6. The minimum Gasteiger partial charge on any atom is -0.475 e. The zero-order valence-electron chi connectivity index (χ0n) is 16.7. The second-order valence-corrected chi connectivity index (χ2v) is 6.93. The first-order valence-electron chi connectivity index (χ1n) is 9.49. The van der Waals surface area contributed by atoms with Gasteiger partial charge in [0, 0.05) is 44.4 Å². The van der Waals surface area contributed by atoms with Crippen molar-refractivity contribution in [3.8, 4) is 6.07 Å². The Kier molecular flexibility index (Phi) is 8.16. The Hall–Kier alpha value is -3.38. The van der Waals surface area contributed by atoms with Crippen LogP contribution in [0.5, 0.6) is 0 Å². The summed E-state index contributed by atoms with van der Waals surface area (Å²) in [6.07, 6.45) is -1.51. The Labute approximate surface area is 177 Å². The Morgan fingerprint density at radius 3 is 2.52 bits per heavy atom. The van der Waals surface area contributed by atoms with E-state index in [9.17, 15) is 18.0 Å². The maximum absolute atomic E-state index is 12.1. The zero-order valence-corrected chi connectivity index (χ0v) is 16.7. The molecule has 2 heterocycles. The molecule has 164 valence electrons. The summed E-state index contributed by atoms with van der Waals surface area (Å²) in [5, 5.41) is 16.2. The molecule has 1 N–H and O–H groups in total. The molecule has 3 rings (SSSR count). The highest BCUT2D eigenvalue weighted by molar-refractivity contribution is 5.73. The van der Waals surface area contributed by atoms with Gasteiger partial charge in [-0.15, -0.1) is 6.58 Å². The largest absolute Gasteiger partial charge is 0.490 e. The third kappa shape index (κ3) is 6.83. The highest BCUT2D eigenvalue weighted by Gasteiger charge is 2.38. The topological polar surface area (TPSA) is 86.3 Å². The van der Waals surface area contributed by atoms with Crippen LogP contribution in [0.25, 0.3) is 0 Å². The quantitative estimate of drug-likeness (QED) is 0.749. The van der Waals surface area contributed by atoms with Gasteiger partial charge in [-0.1, -0.05) is 24.3 Å². The van der Waals surface area contributed by atoms with Crippen molar-refractivity contribution >= 4 is 5.97 Å². The molecular weight excluding hydrogens is 411 g/mol. The van der Waals surface area contributed by atoms with Gasteiger partial charge in [0.05, 0.1) is 11.6 Å². The van der Waals surface area contributed by atoms with Gasteiger partial charge in [0.15, 0.2) is 0 Å². The summed E-state index contributed by atoms with van der Waals surface area (Å²) in [6.45, 7) is 7.01. The van der Waals surface area contributed by atoms with Crippen molar-refractivity contribution in [2.45, 2.75) is 32.1 Å². The minimum absolute atomic E-state index is 0.0452. The van der Waals surface area contributed by atoms with Crippen LogP contribution in [-0.2, 0) is 30.7 Å². The smallest absolute Gasteiger partial charge is 0.475 e. The van der Waals surface area contributed by atoms with Crippen molar-refractivity contribution in [2.24, 2.45) is 0 Å². The summed E-state index contributed by atoms with van der Waals surface area (Å²) >= 11 is 0. The molecule has 9 heteroatoms. The molecule has 2 aromatic rings. The molecule has 0 saturated carbocycles. The number of alkyl halides is 3. The summed E-state index contributed by atoms with van der Waals surface area (Å²) in [5.74, 6) is -2.76. The number of benzene rings is 1. The minimum atomic E-state index is -5.08. The molecule has 0 bridgehead atoms. The van der Waals surface area contributed by atoms with Crippen LogP contribution in [0.1, 0.15) is 22.4 Å². The second-order valence-electron chi connectivity index (χ2n) is 6.93. The molecule has 6 nitrogen and oxygen atoms in total. The molecule has 0 amide bonds. The van der Waals surface area contributed by atoms with E-state index in [4.69, 9.17) is 15.2 Å². The van der Waals surface area contributed by atoms with Crippen LogP contribution in [0.4, 0.5) is 13.2 Å². The number of carbonyl (C=O) groups is 1. The Bertz CT molecular complexity index is 1040. The molecule has 0 atom stereocenters. The number of aliphatic carboxylic acids is 1. The number of allylic oxidation sites excluding steroid dienone is 1. The summed E-state index contributed by atoms with van der Waals surface area (Å²) in [4.78, 5) is 23.4. The number of rotatable bonds is 4. The normalized spacial score (nSPS) is 13.7. The number of hydrogen-bond acceptors (Lipinski definition) is 4. The molecule has 31 heavy (non-hydrogen) atoms. The SMILES string of the molecule is C=CCn1c2c(ccc1=O)CCN(Cc1cccc(C#N)c1)CC2.O=C(O)C(F)(F)F. The van der Waals surface area contributed by atoms with Crippen molar-refractivity contribution in [1.82, 2.24) is 9.47 Å². The maximum Gasteiger partial charge on any atom is 0.490 e. The first-order valence-corrected chi connectivity index (χ1v) is 9.49. The van der Waals surface area contributed by atoms with Crippen molar-refractivity contribution in [1.29, 1.82) is 5.26 Å². The van der Waals surface area contributed by atoms with E-state index in [0.717, 1.165) is 43.7 Å². The lowest BCUT2D eigenvalue weighted by atomic mass is 10.1. The number of nitrogens with zero attached hydrogens (tertiary/aromatic N) is 3. The Balaban J connectivity index is 0.000000423. The fraction of sp³-hybridized carbons (Fsp3) is 0.318. The molecule has 0 aliphatic carbocycles. The maximum atomic E-state index is 12.1. The predicted octanol–water partition coefficient (Wildman–Crippen LogP) is 3.14. The van der Waals surface area contributed by atoms with Crippen LogP contribution in [0.15, 0.2) is 53.8 Å². The monoisotopic (exact) mass is 433 g/mol. The molecule has 1 aliphatic rings. The average molecular weight is 433 g/mol. The molecule has 0 spiro atoms. The lowest BCUT2D eigenvalue weighted by Crippen LogP contribution is -2.27. The van der Waals surface area contributed by atoms with Crippen molar-refractivity contribution < 1.29 is 23.1 Å². The average Bonchev–Trinajstić information content (AvgIpc) is 2.93. The first kappa shape index (κ1) is 23.9. The predicted molar refractivity (Wildman–Crippen MR) is 108 cm³/mol. The molecule has 0 radical (unpaired) electrons. The Morgan fingerprint density at radius 1 is 1.23 bits per heavy atom. The van der Waals surface area contributed by atoms with E-state index >= 15 is 0 Å². The van der Waals surface area contributed by atoms with Gasteiger partial charge in [0.1, 0.15) is 0 Å². The van der Waals surface area contributed by atoms with Crippen LogP contribution < -0.4 is 5.56 Å². The number of carboxylic acids is 1. The van der Waals surface area contributed by atoms with Crippen molar-refractivity contribution in [3.63, 3.8) is 0 Å². The standard InChI is InChI=1S/C20H21N3O.C2HF3O2/c1-2-10-23-19-9-12-22(11-8-18(19)6-7-20(23)24)15-17-5-3-4-16(13-17)14-21;3-2(4,5)1(6)7/h2-7,13H,1,8-12,15H2;(H,6,7). The summed E-state index contributed by atoms with van der Waals surface area (Å²) in [5.41, 5.74) is 4.29. The van der Waals surface area contributed by atoms with Crippen molar-refractivity contribution in [3.05, 3.63) is 81.8 Å². The first-order chi connectivity index (χ1) is 14.7. The van der Waals surface area contributed by atoms with Crippen LogP contribution in [0, 0.1) is 11.3 Å². The molecule has 1 aromatic carbocycles. The summed E-state index contributed by atoms with van der Waals surface area (Å²) in [6, 6.07) is 13.6. The van der Waals surface area contributed by atoms with E-state index in [1.807, 2.05) is 28.8 Å². The molecule has 1 aliphatic heterocycles. The van der Waals surface area contributed by atoms with Crippen LogP contribution in [0.3, 0.4) is 0 Å². The van der Waals surface area contributed by atoms with Gasteiger partial charge in [-0.05, 0) is 29.7 Å². The van der Waals surface area contributed by atoms with Gasteiger partial charge in [-0.2, -0.15) is 18.4 Å². The van der Waals surface area contributed by atoms with Crippen LogP contribution in [-0.4, -0.2) is 39.8 Å². The molecule has 0 saturated heterocycles. The summed E-state index contributed by atoms with van der Waals surface area (Å²) in [7, 11) is 0. The van der Waals surface area contributed by atoms with E-state index in [1.54, 1.807) is 12.1 Å². The van der Waals surface area contributed by atoms with Gasteiger partial charge in [-0.3, -0.25) is 9.69 Å². The van der Waals surface area contributed by atoms with Gasteiger partial charge >= 0.3 is 12.1 Å².